The number of benzene rings is 1. The van der Waals surface area contributed by atoms with E-state index in [1.165, 1.54) is 0 Å². The molecule has 0 saturated carbocycles. The number of nitrogens with one attached hydrogen (secondary N) is 2. The van der Waals surface area contributed by atoms with Crippen molar-refractivity contribution in [2.75, 3.05) is 39.8 Å². The van der Waals surface area contributed by atoms with Crippen molar-refractivity contribution in [3.8, 4) is 11.5 Å². The highest BCUT2D eigenvalue weighted by molar-refractivity contribution is 5.93. The van der Waals surface area contributed by atoms with Crippen molar-refractivity contribution in [2.45, 2.75) is 0 Å². The number of pyridine rings is 1. The molecular weight excluding hydrogens is 310 g/mol. The van der Waals surface area contributed by atoms with Crippen LogP contribution in [0.2, 0.25) is 0 Å². The van der Waals surface area contributed by atoms with E-state index in [2.05, 4.69) is 15.6 Å². The number of aromatic nitrogens is 1. The Morgan fingerprint density at radius 3 is 2.67 bits per heavy atom. The molecule has 1 heterocycles. The predicted octanol–water partition coefficient (Wildman–Crippen LogP) is 2.22. The highest BCUT2D eigenvalue weighted by Gasteiger charge is 2.09. The molecule has 24 heavy (non-hydrogen) atoms. The van der Waals surface area contributed by atoms with E-state index in [-0.39, 0.29) is 5.91 Å². The molecule has 0 fully saturated rings. The van der Waals surface area contributed by atoms with Crippen LogP contribution in [0.15, 0.2) is 36.5 Å². The lowest BCUT2D eigenvalue weighted by Crippen LogP contribution is -2.27. The molecular formula is C17H21N3O4. The van der Waals surface area contributed by atoms with Crippen LogP contribution in [0.5, 0.6) is 11.5 Å². The Hall–Kier alpha value is -2.80. The summed E-state index contributed by atoms with van der Waals surface area (Å²) in [6.07, 6.45) is 1.57. The summed E-state index contributed by atoms with van der Waals surface area (Å²) in [4.78, 5) is 16.1. The molecule has 1 aromatic heterocycles. The van der Waals surface area contributed by atoms with Gasteiger partial charge in [0.1, 0.15) is 17.2 Å². The number of rotatable bonds is 8. The number of nitrogens with zero attached hydrogens (tertiary/aromatic N) is 1. The standard InChI is InChI=1S/C17H21N3O4/c1-22-9-8-19-17(21)15-10-12(6-7-18-15)20-14-11-13(23-2)4-5-16(14)24-3/h4-7,10-11H,8-9H2,1-3H3,(H,18,20)(H,19,21). The van der Waals surface area contributed by atoms with Crippen molar-refractivity contribution in [2.24, 2.45) is 0 Å². The van der Waals surface area contributed by atoms with Gasteiger partial charge in [0, 0.05) is 31.6 Å². The molecule has 128 valence electrons. The molecule has 0 aliphatic heterocycles. The van der Waals surface area contributed by atoms with Crippen LogP contribution in [0.1, 0.15) is 10.5 Å². The average molecular weight is 331 g/mol. The average Bonchev–Trinajstić information content (AvgIpc) is 2.62. The fraction of sp³-hybridized carbons (Fsp3) is 0.294. The van der Waals surface area contributed by atoms with Gasteiger partial charge in [-0.05, 0) is 24.3 Å². The van der Waals surface area contributed by atoms with E-state index in [0.29, 0.717) is 36.0 Å². The second kappa shape index (κ2) is 8.73. The lowest BCUT2D eigenvalue weighted by Gasteiger charge is -2.13. The molecule has 0 aliphatic carbocycles. The summed E-state index contributed by atoms with van der Waals surface area (Å²) in [5.41, 5.74) is 1.76. The minimum absolute atomic E-state index is 0.256. The van der Waals surface area contributed by atoms with Gasteiger partial charge in [-0.1, -0.05) is 0 Å². The number of carbonyl (C=O) groups excluding carboxylic acids is 1. The summed E-state index contributed by atoms with van der Waals surface area (Å²) in [5, 5.41) is 5.94. The molecule has 0 bridgehead atoms. The normalized spacial score (nSPS) is 10.1. The van der Waals surface area contributed by atoms with Crippen LogP contribution in [-0.4, -0.2) is 45.4 Å². The van der Waals surface area contributed by atoms with Crippen LogP contribution in [0, 0.1) is 0 Å². The highest BCUT2D eigenvalue weighted by Crippen LogP contribution is 2.31. The third kappa shape index (κ3) is 4.60. The molecule has 2 aromatic rings. The zero-order valence-corrected chi connectivity index (χ0v) is 14.0. The van der Waals surface area contributed by atoms with E-state index in [1.807, 2.05) is 12.1 Å². The van der Waals surface area contributed by atoms with E-state index in [1.54, 1.807) is 45.7 Å². The Morgan fingerprint density at radius 1 is 1.12 bits per heavy atom. The van der Waals surface area contributed by atoms with Gasteiger partial charge >= 0.3 is 0 Å². The molecule has 7 nitrogen and oxygen atoms in total. The highest BCUT2D eigenvalue weighted by atomic mass is 16.5. The minimum Gasteiger partial charge on any atom is -0.497 e. The topological polar surface area (TPSA) is 81.7 Å². The van der Waals surface area contributed by atoms with Crippen molar-refractivity contribution < 1.29 is 19.0 Å². The minimum atomic E-state index is -0.256. The zero-order chi connectivity index (χ0) is 17.4. The Morgan fingerprint density at radius 2 is 1.96 bits per heavy atom. The first kappa shape index (κ1) is 17.6. The maximum Gasteiger partial charge on any atom is 0.270 e. The first-order valence-electron chi connectivity index (χ1n) is 7.40. The maximum absolute atomic E-state index is 12.0. The van der Waals surface area contributed by atoms with Crippen LogP contribution in [0.4, 0.5) is 11.4 Å². The van der Waals surface area contributed by atoms with Gasteiger partial charge < -0.3 is 24.8 Å². The summed E-state index contributed by atoms with van der Waals surface area (Å²) in [6.45, 7) is 0.878. The Bertz CT molecular complexity index is 691. The van der Waals surface area contributed by atoms with Gasteiger partial charge in [0.15, 0.2) is 0 Å². The number of hydrogen-bond donors (Lipinski definition) is 2. The second-order valence-electron chi connectivity index (χ2n) is 4.87. The molecule has 7 heteroatoms. The SMILES string of the molecule is COCCNC(=O)c1cc(Nc2cc(OC)ccc2OC)ccn1. The number of carbonyl (C=O) groups is 1. The van der Waals surface area contributed by atoms with E-state index in [0.717, 1.165) is 5.69 Å². The molecule has 2 N–H and O–H groups in total. The first-order chi connectivity index (χ1) is 11.7. The van der Waals surface area contributed by atoms with Gasteiger partial charge in [-0.2, -0.15) is 0 Å². The van der Waals surface area contributed by atoms with Gasteiger partial charge in [0.25, 0.3) is 5.91 Å². The summed E-state index contributed by atoms with van der Waals surface area (Å²) < 4.78 is 15.5. The quantitative estimate of drug-likeness (QED) is 0.722. The van der Waals surface area contributed by atoms with Gasteiger partial charge in [-0.25, -0.2) is 0 Å². The van der Waals surface area contributed by atoms with Crippen molar-refractivity contribution in [3.05, 3.63) is 42.2 Å². The van der Waals surface area contributed by atoms with E-state index in [9.17, 15) is 4.79 Å². The van der Waals surface area contributed by atoms with Crippen LogP contribution < -0.4 is 20.1 Å². The summed E-state index contributed by atoms with van der Waals surface area (Å²) >= 11 is 0. The maximum atomic E-state index is 12.0. The number of anilines is 2. The predicted molar refractivity (Wildman–Crippen MR) is 91.3 cm³/mol. The van der Waals surface area contributed by atoms with E-state index >= 15 is 0 Å². The Balaban J connectivity index is 2.16. The number of hydrogen-bond acceptors (Lipinski definition) is 6. The fourth-order valence-electron chi connectivity index (χ4n) is 2.06. The first-order valence-corrected chi connectivity index (χ1v) is 7.40. The summed E-state index contributed by atoms with van der Waals surface area (Å²) in [5.74, 6) is 1.11. The van der Waals surface area contributed by atoms with Crippen molar-refractivity contribution in [1.29, 1.82) is 0 Å². The van der Waals surface area contributed by atoms with E-state index in [4.69, 9.17) is 14.2 Å². The molecule has 2 rings (SSSR count). The van der Waals surface area contributed by atoms with Crippen molar-refractivity contribution in [1.82, 2.24) is 10.3 Å². The zero-order valence-electron chi connectivity index (χ0n) is 14.0. The van der Waals surface area contributed by atoms with Gasteiger partial charge in [-0.15, -0.1) is 0 Å². The van der Waals surface area contributed by atoms with Gasteiger partial charge in [0.2, 0.25) is 0 Å². The second-order valence-corrected chi connectivity index (χ2v) is 4.87. The van der Waals surface area contributed by atoms with E-state index < -0.39 is 0 Å². The Kier molecular flexibility index (Phi) is 6.39. The smallest absolute Gasteiger partial charge is 0.270 e. The third-order valence-corrected chi connectivity index (χ3v) is 3.27. The van der Waals surface area contributed by atoms with Crippen LogP contribution in [0.3, 0.4) is 0 Å². The molecule has 1 aromatic carbocycles. The van der Waals surface area contributed by atoms with Crippen molar-refractivity contribution >= 4 is 17.3 Å². The van der Waals surface area contributed by atoms with Crippen LogP contribution in [0.25, 0.3) is 0 Å². The van der Waals surface area contributed by atoms with Crippen LogP contribution >= 0.6 is 0 Å². The number of ether oxygens (including phenoxy) is 3. The number of methoxy groups -OCH3 is 3. The molecule has 0 spiro atoms. The Labute approximate surface area is 140 Å². The summed E-state index contributed by atoms with van der Waals surface area (Å²) in [6, 6.07) is 8.87. The van der Waals surface area contributed by atoms with Crippen LogP contribution in [-0.2, 0) is 4.74 Å². The summed E-state index contributed by atoms with van der Waals surface area (Å²) in [7, 11) is 4.77. The fourth-order valence-corrected chi connectivity index (χ4v) is 2.06. The molecule has 0 radical (unpaired) electrons. The van der Waals surface area contributed by atoms with Gasteiger partial charge in [0.05, 0.1) is 26.5 Å². The number of amides is 1. The lowest BCUT2D eigenvalue weighted by molar-refractivity contribution is 0.0932. The monoisotopic (exact) mass is 331 g/mol. The molecule has 0 saturated heterocycles. The molecule has 0 unspecified atom stereocenters. The lowest BCUT2D eigenvalue weighted by atomic mass is 10.2. The van der Waals surface area contributed by atoms with Crippen molar-refractivity contribution in [3.63, 3.8) is 0 Å². The molecule has 1 amide bonds. The third-order valence-electron chi connectivity index (χ3n) is 3.27. The molecule has 0 atom stereocenters. The molecule has 0 aliphatic rings. The largest absolute Gasteiger partial charge is 0.497 e. The van der Waals surface area contributed by atoms with Gasteiger partial charge in [-0.3, -0.25) is 9.78 Å².